The molecule has 5 nitrogen and oxygen atoms in total. The lowest BCUT2D eigenvalue weighted by Crippen LogP contribution is -2.51. The van der Waals surface area contributed by atoms with E-state index in [2.05, 4.69) is 17.1 Å². The molecule has 0 radical (unpaired) electrons. The first kappa shape index (κ1) is 18.2. The highest BCUT2D eigenvalue weighted by Gasteiger charge is 2.28. The molecule has 1 fully saturated rings. The number of amides is 1. The van der Waals surface area contributed by atoms with Crippen LogP contribution < -0.4 is 5.32 Å². The van der Waals surface area contributed by atoms with Crippen LogP contribution in [0.15, 0.2) is 0 Å². The third kappa shape index (κ3) is 7.67. The molecular weight excluding hydrogens is 268 g/mol. The quantitative estimate of drug-likeness (QED) is 0.739. The maximum absolute atomic E-state index is 11.8. The SMILES string of the molecule is CC1CN(CCCCCO)CCC1NC(=O)OC(C)(C)C. The normalized spacial score (nSPS) is 23.9. The summed E-state index contributed by atoms with van der Waals surface area (Å²) in [5.41, 5.74) is -0.444. The fraction of sp³-hybridized carbons (Fsp3) is 0.938. The van der Waals surface area contributed by atoms with Crippen molar-refractivity contribution in [2.24, 2.45) is 5.92 Å². The maximum atomic E-state index is 11.8. The zero-order valence-corrected chi connectivity index (χ0v) is 14.0. The summed E-state index contributed by atoms with van der Waals surface area (Å²) in [6.07, 6.45) is 3.78. The van der Waals surface area contributed by atoms with Gasteiger partial charge in [0.05, 0.1) is 0 Å². The molecule has 0 spiro atoms. The van der Waals surface area contributed by atoms with Crippen molar-refractivity contribution in [1.82, 2.24) is 10.2 Å². The number of piperidine rings is 1. The second kappa shape index (κ2) is 8.59. The third-order valence-electron chi connectivity index (χ3n) is 3.82. The number of rotatable bonds is 6. The molecule has 124 valence electrons. The number of nitrogens with zero attached hydrogens (tertiary/aromatic N) is 1. The first-order chi connectivity index (χ1) is 9.81. The highest BCUT2D eigenvalue weighted by molar-refractivity contribution is 5.68. The van der Waals surface area contributed by atoms with Crippen molar-refractivity contribution in [2.75, 3.05) is 26.2 Å². The molecule has 2 unspecified atom stereocenters. The van der Waals surface area contributed by atoms with Gasteiger partial charge in [-0.25, -0.2) is 4.79 Å². The van der Waals surface area contributed by atoms with Crippen LogP contribution in [0, 0.1) is 5.92 Å². The summed E-state index contributed by atoms with van der Waals surface area (Å²) in [6, 6.07) is 0.202. The van der Waals surface area contributed by atoms with Crippen molar-refractivity contribution in [1.29, 1.82) is 0 Å². The number of likely N-dealkylation sites (tertiary alicyclic amines) is 1. The Balaban J connectivity index is 2.27. The van der Waals surface area contributed by atoms with E-state index in [1.807, 2.05) is 20.8 Å². The van der Waals surface area contributed by atoms with Crippen molar-refractivity contribution in [3.05, 3.63) is 0 Å². The molecule has 0 aliphatic carbocycles. The molecule has 1 heterocycles. The molecule has 0 aromatic carbocycles. The van der Waals surface area contributed by atoms with Gasteiger partial charge in [0.25, 0.3) is 0 Å². The average molecular weight is 300 g/mol. The molecule has 1 aliphatic rings. The second-order valence-corrected chi connectivity index (χ2v) is 7.10. The van der Waals surface area contributed by atoms with Crippen molar-refractivity contribution in [3.63, 3.8) is 0 Å². The molecule has 0 aromatic rings. The zero-order valence-electron chi connectivity index (χ0n) is 14.0. The maximum Gasteiger partial charge on any atom is 0.407 e. The van der Waals surface area contributed by atoms with E-state index in [-0.39, 0.29) is 18.7 Å². The second-order valence-electron chi connectivity index (χ2n) is 7.10. The summed E-state index contributed by atoms with van der Waals surface area (Å²) in [5.74, 6) is 0.434. The number of carbonyl (C=O) groups is 1. The molecule has 1 amide bonds. The van der Waals surface area contributed by atoms with Crippen LogP contribution in [0.4, 0.5) is 4.79 Å². The van der Waals surface area contributed by atoms with Gasteiger partial charge in [-0.3, -0.25) is 0 Å². The Morgan fingerprint density at radius 3 is 2.62 bits per heavy atom. The zero-order chi connectivity index (χ0) is 15.9. The van der Waals surface area contributed by atoms with Gasteiger partial charge in [0, 0.05) is 25.7 Å². The minimum absolute atomic E-state index is 0.202. The molecule has 1 aliphatic heterocycles. The predicted octanol–water partition coefficient (Wildman–Crippen LogP) is 2.38. The number of unbranched alkanes of at least 4 members (excludes halogenated alkanes) is 2. The molecule has 1 saturated heterocycles. The van der Waals surface area contributed by atoms with E-state index in [0.717, 1.165) is 45.3 Å². The van der Waals surface area contributed by atoms with Gasteiger partial charge in [0.1, 0.15) is 5.60 Å². The lowest BCUT2D eigenvalue weighted by molar-refractivity contribution is 0.0442. The van der Waals surface area contributed by atoms with E-state index < -0.39 is 5.60 Å². The average Bonchev–Trinajstić information content (AvgIpc) is 2.35. The van der Waals surface area contributed by atoms with Crippen LogP contribution in [0.3, 0.4) is 0 Å². The minimum atomic E-state index is -0.444. The van der Waals surface area contributed by atoms with Gasteiger partial charge < -0.3 is 20.1 Å². The number of aliphatic hydroxyl groups excluding tert-OH is 1. The number of hydrogen-bond acceptors (Lipinski definition) is 4. The van der Waals surface area contributed by atoms with Gasteiger partial charge in [0.15, 0.2) is 0 Å². The fourth-order valence-electron chi connectivity index (χ4n) is 2.73. The first-order valence-electron chi connectivity index (χ1n) is 8.14. The number of alkyl carbamates (subject to hydrolysis) is 1. The summed E-state index contributed by atoms with van der Waals surface area (Å²) in [5, 5.41) is 11.8. The van der Waals surface area contributed by atoms with E-state index in [1.165, 1.54) is 0 Å². The van der Waals surface area contributed by atoms with Crippen LogP contribution in [-0.4, -0.2) is 54.0 Å². The highest BCUT2D eigenvalue weighted by Crippen LogP contribution is 2.18. The molecule has 0 aromatic heterocycles. The summed E-state index contributed by atoms with van der Waals surface area (Å²) >= 11 is 0. The lowest BCUT2D eigenvalue weighted by atomic mass is 9.94. The van der Waals surface area contributed by atoms with Gasteiger partial charge in [0.2, 0.25) is 0 Å². The number of aliphatic hydroxyl groups is 1. The number of carbonyl (C=O) groups excluding carboxylic acids is 1. The van der Waals surface area contributed by atoms with E-state index in [1.54, 1.807) is 0 Å². The van der Waals surface area contributed by atoms with Crippen LogP contribution in [0.25, 0.3) is 0 Å². The number of hydrogen-bond donors (Lipinski definition) is 2. The third-order valence-corrected chi connectivity index (χ3v) is 3.82. The molecule has 21 heavy (non-hydrogen) atoms. The molecule has 2 N–H and O–H groups in total. The Morgan fingerprint density at radius 1 is 1.33 bits per heavy atom. The van der Waals surface area contributed by atoms with E-state index in [0.29, 0.717) is 5.92 Å². The lowest BCUT2D eigenvalue weighted by Gasteiger charge is -2.37. The van der Waals surface area contributed by atoms with Gasteiger partial charge in [-0.2, -0.15) is 0 Å². The highest BCUT2D eigenvalue weighted by atomic mass is 16.6. The largest absolute Gasteiger partial charge is 0.444 e. The number of nitrogens with one attached hydrogen (secondary N) is 1. The molecular formula is C16H32N2O3. The summed E-state index contributed by atoms with van der Waals surface area (Å²) in [7, 11) is 0. The van der Waals surface area contributed by atoms with E-state index >= 15 is 0 Å². The number of ether oxygens (including phenoxy) is 1. The topological polar surface area (TPSA) is 61.8 Å². The molecule has 1 rings (SSSR count). The van der Waals surface area contributed by atoms with Crippen molar-refractivity contribution >= 4 is 6.09 Å². The van der Waals surface area contributed by atoms with Gasteiger partial charge in [-0.15, -0.1) is 0 Å². The summed E-state index contributed by atoms with van der Waals surface area (Å²) in [4.78, 5) is 14.3. The molecule has 0 saturated carbocycles. The van der Waals surface area contributed by atoms with Gasteiger partial charge >= 0.3 is 6.09 Å². The van der Waals surface area contributed by atoms with Gasteiger partial charge in [-0.1, -0.05) is 6.92 Å². The van der Waals surface area contributed by atoms with Crippen LogP contribution in [0.1, 0.15) is 53.4 Å². The Morgan fingerprint density at radius 2 is 2.05 bits per heavy atom. The molecule has 2 atom stereocenters. The molecule has 5 heteroatoms. The summed E-state index contributed by atoms with van der Waals surface area (Å²) in [6.45, 7) is 11.2. The monoisotopic (exact) mass is 300 g/mol. The Hall–Kier alpha value is -0.810. The Kier molecular flexibility index (Phi) is 7.46. The van der Waals surface area contributed by atoms with Crippen molar-refractivity contribution < 1.29 is 14.6 Å². The van der Waals surface area contributed by atoms with Gasteiger partial charge in [-0.05, 0) is 58.9 Å². The van der Waals surface area contributed by atoms with Crippen LogP contribution >= 0.6 is 0 Å². The molecule has 0 bridgehead atoms. The van der Waals surface area contributed by atoms with Crippen LogP contribution in [0.5, 0.6) is 0 Å². The minimum Gasteiger partial charge on any atom is -0.444 e. The van der Waals surface area contributed by atoms with E-state index in [9.17, 15) is 4.79 Å². The van der Waals surface area contributed by atoms with Crippen molar-refractivity contribution in [3.8, 4) is 0 Å². The van der Waals surface area contributed by atoms with Crippen molar-refractivity contribution in [2.45, 2.75) is 65.0 Å². The fourth-order valence-corrected chi connectivity index (χ4v) is 2.73. The van der Waals surface area contributed by atoms with Crippen LogP contribution in [0.2, 0.25) is 0 Å². The smallest absolute Gasteiger partial charge is 0.407 e. The predicted molar refractivity (Wildman–Crippen MR) is 84.3 cm³/mol. The summed E-state index contributed by atoms with van der Waals surface area (Å²) < 4.78 is 5.32. The standard InChI is InChI=1S/C16H32N2O3/c1-13-12-18(9-6-5-7-11-19)10-8-14(13)17-15(20)21-16(2,3)4/h13-14,19H,5-12H2,1-4H3,(H,17,20). The Bertz CT molecular complexity index is 315. The van der Waals surface area contributed by atoms with Crippen LogP contribution in [-0.2, 0) is 4.74 Å². The Labute approximate surface area is 129 Å². The first-order valence-corrected chi connectivity index (χ1v) is 8.14. The van der Waals surface area contributed by atoms with E-state index in [4.69, 9.17) is 9.84 Å².